The normalized spacial score (nSPS) is 13.0. The molecule has 0 aromatic heterocycles. The van der Waals surface area contributed by atoms with Crippen molar-refractivity contribution in [3.8, 4) is 28.7 Å². The minimum atomic E-state index is -2.26. The van der Waals surface area contributed by atoms with Crippen molar-refractivity contribution < 1.29 is 37.4 Å². The molecule has 0 heterocycles. The molecule has 0 spiro atoms. The molecule has 0 amide bonds. The van der Waals surface area contributed by atoms with Crippen LogP contribution in [0.15, 0.2) is 60.7 Å². The van der Waals surface area contributed by atoms with Crippen molar-refractivity contribution in [1.82, 2.24) is 0 Å². The summed E-state index contributed by atoms with van der Waals surface area (Å²) >= 11 is 0. The maximum Gasteiger partial charge on any atom is 0.380 e. The van der Waals surface area contributed by atoms with E-state index in [0.29, 0.717) is 40.7 Å². The van der Waals surface area contributed by atoms with Gasteiger partial charge < -0.3 is 27.8 Å². The van der Waals surface area contributed by atoms with E-state index < -0.39 is 34.5 Å². The number of carbonyl (C=O) groups is 2. The number of benzene rings is 3. The van der Waals surface area contributed by atoms with Crippen LogP contribution in [0.5, 0.6) is 28.7 Å². The van der Waals surface area contributed by atoms with E-state index in [0.717, 1.165) is 5.56 Å². The zero-order chi connectivity index (χ0) is 35.4. The summed E-state index contributed by atoms with van der Waals surface area (Å²) in [6.45, 7) is 21.8. The molecular formula is C37H52O8Si2. The van der Waals surface area contributed by atoms with Gasteiger partial charge in [-0.2, -0.15) is 0 Å². The minimum absolute atomic E-state index is 0.0529. The van der Waals surface area contributed by atoms with Gasteiger partial charge in [-0.05, 0) is 78.2 Å². The van der Waals surface area contributed by atoms with E-state index in [1.54, 1.807) is 13.2 Å². The van der Waals surface area contributed by atoms with Crippen LogP contribution in [0, 0.1) is 0 Å². The molecule has 0 unspecified atom stereocenters. The molecule has 0 bridgehead atoms. The molecule has 256 valence electrons. The van der Waals surface area contributed by atoms with E-state index in [4.69, 9.17) is 27.8 Å². The van der Waals surface area contributed by atoms with Crippen LogP contribution in [0.3, 0.4) is 0 Å². The van der Waals surface area contributed by atoms with Crippen molar-refractivity contribution in [3.05, 3.63) is 77.4 Å². The highest BCUT2D eigenvalue weighted by Gasteiger charge is 2.41. The van der Waals surface area contributed by atoms with Crippen molar-refractivity contribution in [2.24, 2.45) is 0 Å². The van der Waals surface area contributed by atoms with Gasteiger partial charge in [-0.3, -0.25) is 4.79 Å². The second kappa shape index (κ2) is 14.6. The Bertz CT molecular complexity index is 1480. The Morgan fingerprint density at radius 3 is 1.45 bits per heavy atom. The average Bonchev–Trinajstić information content (AvgIpc) is 2.98. The van der Waals surface area contributed by atoms with Gasteiger partial charge in [-0.1, -0.05) is 53.7 Å². The molecule has 0 saturated carbocycles. The summed E-state index contributed by atoms with van der Waals surface area (Å²) in [5, 5.41) is -0.106. The lowest BCUT2D eigenvalue weighted by atomic mass is 10.00. The number of hydrogen-bond donors (Lipinski definition) is 0. The molecule has 1 atom stereocenters. The molecule has 47 heavy (non-hydrogen) atoms. The maximum absolute atomic E-state index is 13.6. The van der Waals surface area contributed by atoms with E-state index >= 15 is 0 Å². The molecular weight excluding hydrogens is 629 g/mol. The van der Waals surface area contributed by atoms with Gasteiger partial charge in [-0.25, -0.2) is 4.79 Å². The molecule has 0 aliphatic rings. The Kier molecular flexibility index (Phi) is 11.7. The second-order valence-corrected chi connectivity index (χ2v) is 24.3. The van der Waals surface area contributed by atoms with Crippen molar-refractivity contribution in [3.63, 3.8) is 0 Å². The number of rotatable bonds is 13. The molecule has 0 aliphatic carbocycles. The van der Waals surface area contributed by atoms with Crippen LogP contribution in [-0.2, 0) is 16.0 Å². The van der Waals surface area contributed by atoms with Crippen LogP contribution >= 0.6 is 0 Å². The van der Waals surface area contributed by atoms with Gasteiger partial charge in [0.15, 0.2) is 0 Å². The van der Waals surface area contributed by atoms with E-state index in [9.17, 15) is 9.59 Å². The molecule has 3 aromatic rings. The van der Waals surface area contributed by atoms with Crippen molar-refractivity contribution in [1.29, 1.82) is 0 Å². The number of carbonyl (C=O) groups excluding carboxylic acids is 2. The molecule has 0 aliphatic heterocycles. The van der Waals surface area contributed by atoms with Gasteiger partial charge >= 0.3 is 5.97 Å². The summed E-state index contributed by atoms with van der Waals surface area (Å²) in [6.07, 6.45) is -0.537. The standard InChI is InChI=1S/C37H52O8Si2/c1-36(2,3)46(10,11)44-31-19-26(20-32(24-31)45-47(12,13)37(4,5)6)33(18-25-14-16-28(40-7)17-15-25)43-35(39)34(38)27-21-29(41-8)23-30(22-27)42-9/h14-17,19-24,33H,18H2,1-13H3/t33-/m1/s1. The summed E-state index contributed by atoms with van der Waals surface area (Å²) in [5.41, 5.74) is 1.66. The summed E-state index contributed by atoms with van der Waals surface area (Å²) in [6, 6.07) is 17.9. The van der Waals surface area contributed by atoms with Crippen LogP contribution in [0.1, 0.15) is 69.1 Å². The molecule has 0 saturated heterocycles. The fraction of sp³-hybridized carbons (Fsp3) is 0.459. The Hall–Kier alpha value is -3.77. The van der Waals surface area contributed by atoms with E-state index in [1.165, 1.54) is 26.4 Å². The number of ether oxygens (including phenoxy) is 4. The number of hydrogen-bond acceptors (Lipinski definition) is 8. The molecule has 0 fully saturated rings. The third kappa shape index (κ3) is 9.64. The third-order valence-corrected chi connectivity index (χ3v) is 18.0. The van der Waals surface area contributed by atoms with Crippen LogP contribution < -0.4 is 23.1 Å². The number of methoxy groups -OCH3 is 3. The predicted octanol–water partition coefficient (Wildman–Crippen LogP) is 9.19. The monoisotopic (exact) mass is 680 g/mol. The fourth-order valence-corrected chi connectivity index (χ4v) is 6.26. The lowest BCUT2D eigenvalue weighted by molar-refractivity contribution is -0.143. The van der Waals surface area contributed by atoms with Crippen molar-refractivity contribution in [2.45, 2.75) is 90.3 Å². The molecule has 0 N–H and O–H groups in total. The van der Waals surface area contributed by atoms with Gasteiger partial charge in [0.25, 0.3) is 5.78 Å². The van der Waals surface area contributed by atoms with Gasteiger partial charge in [-0.15, -0.1) is 0 Å². The highest BCUT2D eigenvalue weighted by Crippen LogP contribution is 2.42. The second-order valence-electron chi connectivity index (χ2n) is 14.8. The summed E-state index contributed by atoms with van der Waals surface area (Å²) < 4.78 is 35.6. The minimum Gasteiger partial charge on any atom is -0.543 e. The van der Waals surface area contributed by atoms with E-state index in [-0.39, 0.29) is 15.6 Å². The number of Topliss-reactive ketones (excluding diaryl/α,β-unsaturated/α-hetero) is 1. The first-order valence-electron chi connectivity index (χ1n) is 15.8. The van der Waals surface area contributed by atoms with Crippen LogP contribution in [-0.4, -0.2) is 49.7 Å². The first-order valence-corrected chi connectivity index (χ1v) is 21.7. The van der Waals surface area contributed by atoms with Gasteiger partial charge in [0.05, 0.1) is 21.3 Å². The molecule has 3 aromatic carbocycles. The predicted molar refractivity (Wildman–Crippen MR) is 191 cm³/mol. The maximum atomic E-state index is 13.6. The highest BCUT2D eigenvalue weighted by molar-refractivity contribution is 6.75. The third-order valence-electron chi connectivity index (χ3n) is 9.26. The van der Waals surface area contributed by atoms with Crippen molar-refractivity contribution in [2.75, 3.05) is 21.3 Å². The largest absolute Gasteiger partial charge is 0.543 e. The smallest absolute Gasteiger partial charge is 0.380 e. The van der Waals surface area contributed by atoms with Crippen LogP contribution in [0.4, 0.5) is 0 Å². The summed E-state index contributed by atoms with van der Waals surface area (Å²) in [5.74, 6) is 0.954. The van der Waals surface area contributed by atoms with Gasteiger partial charge in [0, 0.05) is 29.7 Å². The number of ketones is 1. The first kappa shape index (κ1) is 37.7. The Balaban J connectivity index is 2.14. The van der Waals surface area contributed by atoms with Crippen LogP contribution in [0.25, 0.3) is 0 Å². The zero-order valence-electron chi connectivity index (χ0n) is 30.3. The molecule has 3 rings (SSSR count). The number of esters is 1. The first-order chi connectivity index (χ1) is 21.7. The summed E-state index contributed by atoms with van der Waals surface area (Å²) in [7, 11) is 0.0448. The average molecular weight is 681 g/mol. The Morgan fingerprint density at radius 2 is 1.04 bits per heavy atom. The lowest BCUT2D eigenvalue weighted by Crippen LogP contribution is -2.44. The van der Waals surface area contributed by atoms with E-state index in [1.807, 2.05) is 42.5 Å². The zero-order valence-corrected chi connectivity index (χ0v) is 32.3. The molecule has 10 heteroatoms. The van der Waals surface area contributed by atoms with Gasteiger partial charge in [0.1, 0.15) is 34.9 Å². The summed E-state index contributed by atoms with van der Waals surface area (Å²) in [4.78, 5) is 27.1. The van der Waals surface area contributed by atoms with Gasteiger partial charge in [0.2, 0.25) is 16.6 Å². The quantitative estimate of drug-likeness (QED) is 0.0764. The SMILES string of the molecule is COc1ccc(C[C@@H](OC(=O)C(=O)c2cc(OC)cc(OC)c2)c2cc(O[Si](C)(C)C(C)(C)C)cc(O[Si](C)(C)C(C)(C)C)c2)cc1. The van der Waals surface area contributed by atoms with E-state index in [2.05, 4.69) is 67.7 Å². The lowest BCUT2D eigenvalue weighted by Gasteiger charge is -2.38. The molecule has 0 radical (unpaired) electrons. The van der Waals surface area contributed by atoms with Crippen molar-refractivity contribution >= 4 is 28.4 Å². The molecule has 8 nitrogen and oxygen atoms in total. The topological polar surface area (TPSA) is 89.5 Å². The highest BCUT2D eigenvalue weighted by atomic mass is 28.4. The Labute approximate surface area is 282 Å². The Morgan fingerprint density at radius 1 is 0.617 bits per heavy atom. The fourth-order valence-electron chi connectivity index (χ4n) is 4.24. The van der Waals surface area contributed by atoms with Crippen LogP contribution in [0.2, 0.25) is 36.3 Å².